The third kappa shape index (κ3) is 3.42. The number of carbonyl (C=O) groups is 1. The predicted octanol–water partition coefficient (Wildman–Crippen LogP) is 1.28. The molecule has 0 heterocycles. The van der Waals surface area contributed by atoms with Gasteiger partial charge in [-0.2, -0.15) is 4.31 Å². The summed E-state index contributed by atoms with van der Waals surface area (Å²) in [5.41, 5.74) is -0.283. The Morgan fingerprint density at radius 2 is 2.05 bits per heavy atom. The molecule has 1 N–H and O–H groups in total. The van der Waals surface area contributed by atoms with E-state index in [1.807, 2.05) is 0 Å². The zero-order chi connectivity index (χ0) is 15.5. The number of halogens is 2. The highest BCUT2D eigenvalue weighted by Gasteiger charge is 2.28. The van der Waals surface area contributed by atoms with Crippen molar-refractivity contribution in [3.63, 3.8) is 0 Å². The Morgan fingerprint density at radius 1 is 1.45 bits per heavy atom. The number of aromatic carboxylic acids is 1. The molecule has 0 unspecified atom stereocenters. The van der Waals surface area contributed by atoms with Gasteiger partial charge in [0.05, 0.1) is 19.2 Å². The summed E-state index contributed by atoms with van der Waals surface area (Å²) in [7, 11) is -2.09. The van der Waals surface area contributed by atoms with E-state index >= 15 is 0 Å². The van der Waals surface area contributed by atoms with E-state index in [0.717, 1.165) is 25.2 Å². The fraction of sp³-hybridized carbons (Fsp3) is 0.364. The number of hydrogen-bond donors (Lipinski definition) is 1. The molecule has 0 amide bonds. The van der Waals surface area contributed by atoms with Crippen LogP contribution in [0.2, 0.25) is 0 Å². The van der Waals surface area contributed by atoms with Crippen LogP contribution in [-0.2, 0) is 10.0 Å². The molecule has 0 bridgehead atoms. The standard InChI is InChI=1S/C11H13F2NO5S/c1-14(6-10(12)13)20(17,18)9-5-7(11(15)16)3-4-8(9)19-2/h3-5,10H,6H2,1-2H3,(H,15,16). The van der Waals surface area contributed by atoms with Crippen molar-refractivity contribution in [3.8, 4) is 5.75 Å². The Bertz CT molecular complexity index is 603. The van der Waals surface area contributed by atoms with Gasteiger partial charge in [0.15, 0.2) is 0 Å². The Kier molecular flexibility index (Phi) is 5.01. The van der Waals surface area contributed by atoms with Gasteiger partial charge in [-0.1, -0.05) is 0 Å². The fourth-order valence-electron chi connectivity index (χ4n) is 1.47. The molecule has 0 spiro atoms. The number of hydrogen-bond acceptors (Lipinski definition) is 4. The summed E-state index contributed by atoms with van der Waals surface area (Å²) < 4.78 is 54.1. The maximum Gasteiger partial charge on any atom is 0.335 e. The largest absolute Gasteiger partial charge is 0.495 e. The van der Waals surface area contributed by atoms with E-state index in [1.54, 1.807) is 0 Å². The van der Waals surface area contributed by atoms with Gasteiger partial charge >= 0.3 is 5.97 Å². The quantitative estimate of drug-likeness (QED) is 0.855. The van der Waals surface area contributed by atoms with Gasteiger partial charge in [0.1, 0.15) is 10.6 Å². The van der Waals surface area contributed by atoms with Gasteiger partial charge in [-0.15, -0.1) is 0 Å². The maximum atomic E-state index is 12.3. The van der Waals surface area contributed by atoms with Crippen LogP contribution >= 0.6 is 0 Å². The van der Waals surface area contributed by atoms with Gasteiger partial charge in [-0.25, -0.2) is 22.0 Å². The summed E-state index contributed by atoms with van der Waals surface area (Å²) in [5, 5.41) is 8.85. The molecular formula is C11H13F2NO5S. The molecule has 9 heteroatoms. The minimum atomic E-state index is -4.27. The van der Waals surface area contributed by atoms with Crippen LogP contribution in [0.15, 0.2) is 23.1 Å². The second kappa shape index (κ2) is 6.14. The molecular weight excluding hydrogens is 296 g/mol. The number of rotatable bonds is 6. The first kappa shape index (κ1) is 16.3. The molecule has 0 fully saturated rings. The van der Waals surface area contributed by atoms with Crippen LogP contribution in [0.1, 0.15) is 10.4 Å². The molecule has 0 aliphatic rings. The number of methoxy groups -OCH3 is 1. The lowest BCUT2D eigenvalue weighted by molar-refractivity contribution is 0.0696. The molecule has 0 radical (unpaired) electrons. The second-order valence-corrected chi connectivity index (χ2v) is 5.86. The zero-order valence-electron chi connectivity index (χ0n) is 10.7. The summed E-state index contributed by atoms with van der Waals surface area (Å²) in [5.74, 6) is -1.45. The SMILES string of the molecule is COc1ccc(C(=O)O)cc1S(=O)(=O)N(C)CC(F)F. The Balaban J connectivity index is 3.35. The Hall–Kier alpha value is -1.74. The van der Waals surface area contributed by atoms with E-state index in [4.69, 9.17) is 9.84 Å². The average molecular weight is 309 g/mol. The summed E-state index contributed by atoms with van der Waals surface area (Å²) in [6.07, 6.45) is -2.84. The first-order valence-electron chi connectivity index (χ1n) is 5.36. The third-order valence-corrected chi connectivity index (χ3v) is 4.34. The molecule has 1 aromatic carbocycles. The number of ether oxygens (including phenoxy) is 1. The average Bonchev–Trinajstić information content (AvgIpc) is 2.36. The van der Waals surface area contributed by atoms with Crippen LogP contribution in [-0.4, -0.2) is 50.9 Å². The highest BCUT2D eigenvalue weighted by atomic mass is 32.2. The lowest BCUT2D eigenvalue weighted by atomic mass is 10.2. The van der Waals surface area contributed by atoms with E-state index in [2.05, 4.69) is 0 Å². The summed E-state index contributed by atoms with van der Waals surface area (Å²) in [6, 6.07) is 3.19. The van der Waals surface area contributed by atoms with Crippen molar-refractivity contribution >= 4 is 16.0 Å². The van der Waals surface area contributed by atoms with Crippen LogP contribution in [0.3, 0.4) is 0 Å². The smallest absolute Gasteiger partial charge is 0.335 e. The van der Waals surface area contributed by atoms with E-state index < -0.39 is 33.9 Å². The lowest BCUT2D eigenvalue weighted by Crippen LogP contribution is -2.31. The predicted molar refractivity (Wildman–Crippen MR) is 65.8 cm³/mol. The molecule has 112 valence electrons. The van der Waals surface area contributed by atoms with Crippen molar-refractivity contribution in [2.45, 2.75) is 11.3 Å². The van der Waals surface area contributed by atoms with Crippen molar-refractivity contribution in [3.05, 3.63) is 23.8 Å². The number of alkyl halides is 2. The topological polar surface area (TPSA) is 83.9 Å². The Morgan fingerprint density at radius 3 is 2.50 bits per heavy atom. The number of carboxylic acids is 1. The number of nitrogens with zero attached hydrogens (tertiary/aromatic N) is 1. The minimum absolute atomic E-state index is 0.115. The Labute approximate surface area is 114 Å². The van der Waals surface area contributed by atoms with Gasteiger partial charge in [0.2, 0.25) is 10.0 Å². The van der Waals surface area contributed by atoms with E-state index in [9.17, 15) is 22.0 Å². The third-order valence-electron chi connectivity index (χ3n) is 2.49. The molecule has 0 aromatic heterocycles. The first-order chi connectivity index (χ1) is 9.20. The summed E-state index contributed by atoms with van der Waals surface area (Å²) in [6.45, 7) is -0.997. The molecule has 20 heavy (non-hydrogen) atoms. The van der Waals surface area contributed by atoms with Crippen LogP contribution in [0.4, 0.5) is 8.78 Å². The van der Waals surface area contributed by atoms with Crippen LogP contribution in [0, 0.1) is 0 Å². The van der Waals surface area contributed by atoms with Crippen LogP contribution in [0.25, 0.3) is 0 Å². The van der Waals surface area contributed by atoms with Gasteiger partial charge in [-0.3, -0.25) is 0 Å². The summed E-state index contributed by atoms with van der Waals surface area (Å²) in [4.78, 5) is 10.4. The van der Waals surface area contributed by atoms with Crippen molar-refractivity contribution < 1.29 is 31.8 Å². The van der Waals surface area contributed by atoms with Gasteiger partial charge in [0, 0.05) is 7.05 Å². The lowest BCUT2D eigenvalue weighted by Gasteiger charge is -2.18. The second-order valence-electron chi connectivity index (χ2n) is 3.85. The highest BCUT2D eigenvalue weighted by Crippen LogP contribution is 2.27. The zero-order valence-corrected chi connectivity index (χ0v) is 11.5. The van der Waals surface area contributed by atoms with E-state index in [0.29, 0.717) is 4.31 Å². The van der Waals surface area contributed by atoms with Gasteiger partial charge in [-0.05, 0) is 18.2 Å². The van der Waals surface area contributed by atoms with Crippen molar-refractivity contribution in [1.82, 2.24) is 4.31 Å². The molecule has 0 saturated heterocycles. The maximum absolute atomic E-state index is 12.3. The molecule has 6 nitrogen and oxygen atoms in total. The normalized spacial score (nSPS) is 11.9. The molecule has 0 aliphatic carbocycles. The molecule has 0 aliphatic heterocycles. The number of benzene rings is 1. The minimum Gasteiger partial charge on any atom is -0.495 e. The molecule has 0 saturated carbocycles. The number of carboxylic acid groups (broad SMARTS) is 1. The van der Waals surface area contributed by atoms with Gasteiger partial charge < -0.3 is 9.84 Å². The van der Waals surface area contributed by atoms with Crippen molar-refractivity contribution in [2.24, 2.45) is 0 Å². The van der Waals surface area contributed by atoms with E-state index in [1.165, 1.54) is 7.11 Å². The first-order valence-corrected chi connectivity index (χ1v) is 6.80. The number of sulfonamides is 1. The van der Waals surface area contributed by atoms with Gasteiger partial charge in [0.25, 0.3) is 6.43 Å². The van der Waals surface area contributed by atoms with Crippen molar-refractivity contribution in [2.75, 3.05) is 20.7 Å². The van der Waals surface area contributed by atoms with Crippen LogP contribution < -0.4 is 4.74 Å². The van der Waals surface area contributed by atoms with Crippen molar-refractivity contribution in [1.29, 1.82) is 0 Å². The van der Waals surface area contributed by atoms with Crippen LogP contribution in [0.5, 0.6) is 5.75 Å². The highest BCUT2D eigenvalue weighted by molar-refractivity contribution is 7.89. The monoisotopic (exact) mass is 309 g/mol. The molecule has 0 atom stereocenters. The fourth-order valence-corrected chi connectivity index (χ4v) is 2.80. The summed E-state index contributed by atoms with van der Waals surface area (Å²) >= 11 is 0. The molecule has 1 aromatic rings. The van der Waals surface area contributed by atoms with E-state index in [-0.39, 0.29) is 11.3 Å². The molecule has 1 rings (SSSR count).